The summed E-state index contributed by atoms with van der Waals surface area (Å²) in [5.41, 5.74) is 0. The van der Waals surface area contributed by atoms with Crippen molar-refractivity contribution in [3.8, 4) is 0 Å². The van der Waals surface area contributed by atoms with Crippen LogP contribution in [0.5, 0.6) is 0 Å². The molecule has 0 N–H and O–H groups in total. The average molecular weight is 200 g/mol. The van der Waals surface area contributed by atoms with Crippen molar-refractivity contribution in [2.75, 3.05) is 0 Å². The lowest BCUT2D eigenvalue weighted by molar-refractivity contribution is 0.343. The molecule has 0 heterocycles. The van der Waals surface area contributed by atoms with Crippen molar-refractivity contribution in [1.82, 2.24) is 0 Å². The molecule has 2 aliphatic rings. The summed E-state index contributed by atoms with van der Waals surface area (Å²) >= 11 is 4.47. The highest BCUT2D eigenvalue weighted by Gasteiger charge is 2.17. The van der Waals surface area contributed by atoms with Gasteiger partial charge in [-0.25, -0.2) is 0 Å². The Morgan fingerprint density at radius 1 is 1.00 bits per heavy atom. The second kappa shape index (κ2) is 6.75. The molecule has 0 unspecified atom stereocenters. The number of rotatable bonds is 2. The zero-order chi connectivity index (χ0) is 9.52. The Kier molecular flexibility index (Phi) is 5.93. The molecule has 0 spiro atoms. The molecule has 2 fully saturated rings. The van der Waals surface area contributed by atoms with Crippen LogP contribution in [-0.4, -0.2) is 5.25 Å². The summed E-state index contributed by atoms with van der Waals surface area (Å²) in [5.74, 6) is 1.04. The predicted molar refractivity (Wildman–Crippen MR) is 63.5 cm³/mol. The smallest absolute Gasteiger partial charge is 0.00170 e. The van der Waals surface area contributed by atoms with Gasteiger partial charge in [0.1, 0.15) is 0 Å². The second-order valence-corrected chi connectivity index (χ2v) is 5.25. The van der Waals surface area contributed by atoms with Crippen LogP contribution in [0.15, 0.2) is 0 Å². The molecule has 0 radical (unpaired) electrons. The Labute approximate surface area is 88.9 Å². The van der Waals surface area contributed by atoms with Gasteiger partial charge in [-0.15, -0.1) is 0 Å². The first-order valence-electron chi connectivity index (χ1n) is 6.01. The fraction of sp³-hybridized carbons (Fsp3) is 1.00. The Hall–Kier alpha value is 0.350. The van der Waals surface area contributed by atoms with Gasteiger partial charge in [0.2, 0.25) is 0 Å². The van der Waals surface area contributed by atoms with Crippen molar-refractivity contribution in [2.45, 2.75) is 70.0 Å². The van der Waals surface area contributed by atoms with Crippen molar-refractivity contribution in [3.63, 3.8) is 0 Å². The highest BCUT2D eigenvalue weighted by molar-refractivity contribution is 7.80. The third kappa shape index (κ3) is 6.42. The van der Waals surface area contributed by atoms with E-state index in [-0.39, 0.29) is 0 Å². The fourth-order valence-electron chi connectivity index (χ4n) is 1.84. The Morgan fingerprint density at radius 2 is 1.54 bits per heavy atom. The minimum absolute atomic E-state index is 0.716. The molecular formula is C12H24S. The quantitative estimate of drug-likeness (QED) is 0.626. The standard InChI is InChI=1S/C9H18S.C3H6/c1-2-3-8-4-6-9(10)7-5-8;1-2-3-1/h8-10H,2-7H2,1H3;1-3H2. The van der Waals surface area contributed by atoms with E-state index in [1.165, 1.54) is 57.8 Å². The monoisotopic (exact) mass is 200 g/mol. The van der Waals surface area contributed by atoms with Crippen LogP contribution in [0.1, 0.15) is 64.7 Å². The van der Waals surface area contributed by atoms with Crippen molar-refractivity contribution >= 4 is 12.6 Å². The fourth-order valence-corrected chi connectivity index (χ4v) is 2.14. The molecule has 13 heavy (non-hydrogen) atoms. The van der Waals surface area contributed by atoms with Crippen LogP contribution in [0.25, 0.3) is 0 Å². The number of hydrogen-bond donors (Lipinski definition) is 1. The normalized spacial score (nSPS) is 31.8. The van der Waals surface area contributed by atoms with Crippen LogP contribution < -0.4 is 0 Å². The number of hydrogen-bond acceptors (Lipinski definition) is 1. The molecule has 0 aromatic carbocycles. The average Bonchev–Trinajstić information content (AvgIpc) is 2.96. The topological polar surface area (TPSA) is 0 Å². The largest absolute Gasteiger partial charge is 0.176 e. The summed E-state index contributed by atoms with van der Waals surface area (Å²) in [7, 11) is 0. The minimum atomic E-state index is 0.716. The summed E-state index contributed by atoms with van der Waals surface area (Å²) in [6.07, 6.45) is 12.9. The minimum Gasteiger partial charge on any atom is -0.176 e. The van der Waals surface area contributed by atoms with E-state index in [0.29, 0.717) is 5.25 Å². The van der Waals surface area contributed by atoms with Gasteiger partial charge in [0.15, 0.2) is 0 Å². The van der Waals surface area contributed by atoms with E-state index < -0.39 is 0 Å². The van der Waals surface area contributed by atoms with E-state index in [9.17, 15) is 0 Å². The summed E-state index contributed by atoms with van der Waals surface area (Å²) < 4.78 is 0. The molecule has 0 nitrogen and oxygen atoms in total. The highest BCUT2D eigenvalue weighted by Crippen LogP contribution is 2.29. The zero-order valence-corrected chi connectivity index (χ0v) is 9.86. The van der Waals surface area contributed by atoms with Gasteiger partial charge < -0.3 is 0 Å². The van der Waals surface area contributed by atoms with Crippen molar-refractivity contribution in [2.24, 2.45) is 5.92 Å². The zero-order valence-electron chi connectivity index (χ0n) is 8.97. The van der Waals surface area contributed by atoms with E-state index in [1.54, 1.807) is 0 Å². The maximum atomic E-state index is 4.47. The van der Waals surface area contributed by atoms with Gasteiger partial charge in [0.05, 0.1) is 0 Å². The van der Waals surface area contributed by atoms with Crippen molar-refractivity contribution in [3.05, 3.63) is 0 Å². The summed E-state index contributed by atoms with van der Waals surface area (Å²) in [4.78, 5) is 0. The molecular weight excluding hydrogens is 176 g/mol. The molecule has 0 bridgehead atoms. The first-order valence-corrected chi connectivity index (χ1v) is 6.52. The highest BCUT2D eigenvalue weighted by atomic mass is 32.1. The van der Waals surface area contributed by atoms with Crippen LogP contribution >= 0.6 is 12.6 Å². The summed E-state index contributed by atoms with van der Waals surface area (Å²) in [5, 5.41) is 0.716. The van der Waals surface area contributed by atoms with Crippen molar-refractivity contribution in [1.29, 1.82) is 0 Å². The lowest BCUT2D eigenvalue weighted by atomic mass is 9.86. The van der Waals surface area contributed by atoms with Crippen LogP contribution in [-0.2, 0) is 0 Å². The van der Waals surface area contributed by atoms with Crippen molar-refractivity contribution < 1.29 is 0 Å². The van der Waals surface area contributed by atoms with Gasteiger partial charge in [0, 0.05) is 5.25 Å². The molecule has 0 atom stereocenters. The van der Waals surface area contributed by atoms with Crippen LogP contribution in [0, 0.1) is 5.92 Å². The summed E-state index contributed by atoms with van der Waals surface area (Å²) in [6.45, 7) is 2.28. The van der Waals surface area contributed by atoms with Crippen LogP contribution in [0.3, 0.4) is 0 Å². The van der Waals surface area contributed by atoms with Crippen LogP contribution in [0.4, 0.5) is 0 Å². The molecule has 0 aliphatic heterocycles. The third-order valence-electron chi connectivity index (χ3n) is 2.87. The van der Waals surface area contributed by atoms with Gasteiger partial charge in [-0.1, -0.05) is 39.0 Å². The molecule has 1 heteroatoms. The summed E-state index contributed by atoms with van der Waals surface area (Å²) in [6, 6.07) is 0. The maximum Gasteiger partial charge on any atom is 0.00170 e. The third-order valence-corrected chi connectivity index (χ3v) is 3.38. The molecule has 0 aromatic rings. The Morgan fingerprint density at radius 3 is 1.92 bits per heavy atom. The predicted octanol–water partition coefficient (Wildman–Crippen LogP) is 4.45. The molecule has 2 aliphatic carbocycles. The lowest BCUT2D eigenvalue weighted by Gasteiger charge is -2.24. The van der Waals surface area contributed by atoms with Crippen LogP contribution in [0.2, 0.25) is 0 Å². The Balaban J connectivity index is 0.000000236. The molecule has 0 aromatic heterocycles. The van der Waals surface area contributed by atoms with E-state index in [0.717, 1.165) is 5.92 Å². The molecule has 2 saturated carbocycles. The van der Waals surface area contributed by atoms with Gasteiger partial charge in [-0.05, 0) is 31.6 Å². The number of thiol groups is 1. The van der Waals surface area contributed by atoms with E-state index in [2.05, 4.69) is 19.6 Å². The first-order chi connectivity index (χ1) is 6.33. The van der Waals surface area contributed by atoms with Gasteiger partial charge in [0.25, 0.3) is 0 Å². The van der Waals surface area contributed by atoms with Gasteiger partial charge in [-0.2, -0.15) is 12.6 Å². The first kappa shape index (κ1) is 11.4. The van der Waals surface area contributed by atoms with E-state index in [4.69, 9.17) is 0 Å². The van der Waals surface area contributed by atoms with E-state index >= 15 is 0 Å². The SMILES string of the molecule is C1CC1.CCCC1CCC(S)CC1. The van der Waals surface area contributed by atoms with E-state index in [1.807, 2.05) is 0 Å². The molecule has 78 valence electrons. The van der Waals surface area contributed by atoms with Gasteiger partial charge in [-0.3, -0.25) is 0 Å². The maximum absolute atomic E-state index is 4.47. The molecule has 0 saturated heterocycles. The second-order valence-electron chi connectivity index (χ2n) is 4.52. The van der Waals surface area contributed by atoms with Gasteiger partial charge >= 0.3 is 0 Å². The molecule has 0 amide bonds. The lowest BCUT2D eigenvalue weighted by Crippen LogP contribution is -2.13. The Bertz CT molecular complexity index is 110. The molecule has 2 rings (SSSR count).